The molecule has 2 nitrogen and oxygen atoms in total. The minimum Gasteiger partial charge on any atom is -0.343 e. The molecule has 0 atom stereocenters. The molecular weight excluding hydrogens is 356 g/mol. The summed E-state index contributed by atoms with van der Waals surface area (Å²) in [6.07, 6.45) is 5.05. The Bertz CT molecular complexity index is 661. The van der Waals surface area contributed by atoms with Gasteiger partial charge < -0.3 is 4.90 Å². The molecule has 0 aromatic heterocycles. The Morgan fingerprint density at radius 2 is 1.29 bits per heavy atom. The number of amides is 1. The van der Waals surface area contributed by atoms with E-state index in [-0.39, 0.29) is 23.5 Å². The zero-order valence-corrected chi connectivity index (χ0v) is 17.0. The molecule has 28 heavy (non-hydrogen) atoms. The van der Waals surface area contributed by atoms with Crippen LogP contribution in [-0.2, 0) is 4.79 Å². The lowest BCUT2D eigenvalue weighted by Gasteiger charge is -2.22. The third-order valence-corrected chi connectivity index (χ3v) is 5.02. The van der Waals surface area contributed by atoms with Crippen molar-refractivity contribution in [1.29, 1.82) is 0 Å². The third kappa shape index (κ3) is 6.74. The second kappa shape index (κ2) is 11.6. The van der Waals surface area contributed by atoms with E-state index in [1.165, 1.54) is 24.3 Å². The summed E-state index contributed by atoms with van der Waals surface area (Å²) in [5, 5.41) is 0. The molecule has 0 fully saturated rings. The summed E-state index contributed by atoms with van der Waals surface area (Å²) < 4.78 is 26.6. The fraction of sp³-hybridized carbons (Fsp3) is 0.458. The van der Waals surface area contributed by atoms with Gasteiger partial charge in [0.2, 0.25) is 5.91 Å². The Morgan fingerprint density at radius 3 is 1.71 bits per heavy atom. The predicted molar refractivity (Wildman–Crippen MR) is 110 cm³/mol. The van der Waals surface area contributed by atoms with E-state index in [0.717, 1.165) is 56.3 Å². The summed E-state index contributed by atoms with van der Waals surface area (Å²) in [5.41, 5.74) is 2.02. The first-order valence-electron chi connectivity index (χ1n) is 10.3. The zero-order chi connectivity index (χ0) is 20.4. The number of hydrogen-bond donors (Lipinski definition) is 0. The van der Waals surface area contributed by atoms with E-state index in [0.29, 0.717) is 6.42 Å². The van der Waals surface area contributed by atoms with Crippen molar-refractivity contribution in [3.05, 3.63) is 71.3 Å². The van der Waals surface area contributed by atoms with E-state index in [1.54, 1.807) is 24.3 Å². The topological polar surface area (TPSA) is 20.3 Å². The lowest BCUT2D eigenvalue weighted by atomic mass is 9.87. The summed E-state index contributed by atoms with van der Waals surface area (Å²) in [4.78, 5) is 14.4. The molecule has 152 valence electrons. The highest BCUT2D eigenvalue weighted by Gasteiger charge is 2.16. The van der Waals surface area contributed by atoms with Crippen molar-refractivity contribution in [1.82, 2.24) is 4.90 Å². The number of nitrogens with zero attached hydrogens (tertiary/aromatic N) is 1. The highest BCUT2D eigenvalue weighted by atomic mass is 19.1. The van der Waals surface area contributed by atoms with Gasteiger partial charge in [-0.15, -0.1) is 0 Å². The molecule has 2 rings (SSSR count). The van der Waals surface area contributed by atoms with Crippen LogP contribution in [0.2, 0.25) is 0 Å². The summed E-state index contributed by atoms with van der Waals surface area (Å²) in [7, 11) is 0. The van der Waals surface area contributed by atoms with Gasteiger partial charge in [-0.3, -0.25) is 4.79 Å². The van der Waals surface area contributed by atoms with E-state index in [9.17, 15) is 13.6 Å². The van der Waals surface area contributed by atoms with E-state index in [2.05, 4.69) is 13.8 Å². The van der Waals surface area contributed by atoms with Crippen LogP contribution in [0, 0.1) is 11.6 Å². The lowest BCUT2D eigenvalue weighted by Crippen LogP contribution is -2.32. The van der Waals surface area contributed by atoms with Crippen LogP contribution >= 0.6 is 0 Å². The second-order valence-corrected chi connectivity index (χ2v) is 7.28. The molecule has 0 radical (unpaired) electrons. The van der Waals surface area contributed by atoms with Crippen LogP contribution in [0.25, 0.3) is 0 Å². The van der Waals surface area contributed by atoms with Gasteiger partial charge in [-0.05, 0) is 61.1 Å². The smallest absolute Gasteiger partial charge is 0.222 e. The van der Waals surface area contributed by atoms with Gasteiger partial charge >= 0.3 is 0 Å². The molecule has 0 heterocycles. The first-order chi connectivity index (χ1) is 13.5. The Labute approximate surface area is 167 Å². The maximum atomic E-state index is 13.3. The molecule has 0 aliphatic carbocycles. The van der Waals surface area contributed by atoms with Crippen molar-refractivity contribution >= 4 is 5.91 Å². The quantitative estimate of drug-likeness (QED) is 0.414. The van der Waals surface area contributed by atoms with Gasteiger partial charge in [0.05, 0.1) is 0 Å². The van der Waals surface area contributed by atoms with E-state index in [4.69, 9.17) is 0 Å². The molecule has 1 amide bonds. The average Bonchev–Trinajstić information content (AvgIpc) is 2.69. The van der Waals surface area contributed by atoms with Gasteiger partial charge in [-0.25, -0.2) is 8.78 Å². The molecule has 0 spiro atoms. The number of carbonyl (C=O) groups excluding carboxylic acids is 1. The normalized spacial score (nSPS) is 11.0. The molecule has 0 saturated heterocycles. The molecule has 0 N–H and O–H groups in total. The van der Waals surface area contributed by atoms with Crippen LogP contribution in [0.4, 0.5) is 8.78 Å². The minimum absolute atomic E-state index is 0.0682. The summed E-state index contributed by atoms with van der Waals surface area (Å²) in [6.45, 7) is 5.82. The number of carbonyl (C=O) groups is 1. The Balaban J connectivity index is 1.98. The standard InChI is InChI=1S/C24H31F2NO/c1-3-17-27(18-4-2)24(28)8-6-5-7-23(19-9-13-21(25)14-10-19)20-11-15-22(26)16-12-20/h9-16,23H,3-8,17-18H2,1-2H3. The SMILES string of the molecule is CCCN(CCC)C(=O)CCCCC(c1ccc(F)cc1)c1ccc(F)cc1. The van der Waals surface area contributed by atoms with Crippen molar-refractivity contribution in [2.24, 2.45) is 0 Å². The van der Waals surface area contributed by atoms with Gasteiger partial charge in [-0.2, -0.15) is 0 Å². The molecule has 0 unspecified atom stereocenters. The lowest BCUT2D eigenvalue weighted by molar-refractivity contribution is -0.131. The number of halogens is 2. The fourth-order valence-corrected chi connectivity index (χ4v) is 3.60. The summed E-state index contributed by atoms with van der Waals surface area (Å²) in [6, 6.07) is 13.0. The third-order valence-electron chi connectivity index (χ3n) is 5.02. The Morgan fingerprint density at radius 1 is 0.821 bits per heavy atom. The minimum atomic E-state index is -0.265. The molecule has 4 heteroatoms. The van der Waals surface area contributed by atoms with Crippen molar-refractivity contribution in [3.63, 3.8) is 0 Å². The molecule has 2 aromatic carbocycles. The van der Waals surface area contributed by atoms with Gasteiger partial charge in [0.25, 0.3) is 0 Å². The maximum Gasteiger partial charge on any atom is 0.222 e. The number of hydrogen-bond acceptors (Lipinski definition) is 1. The van der Waals surface area contributed by atoms with E-state index >= 15 is 0 Å². The average molecular weight is 388 g/mol. The number of benzene rings is 2. The van der Waals surface area contributed by atoms with Crippen molar-refractivity contribution in [2.45, 2.75) is 58.3 Å². The van der Waals surface area contributed by atoms with Crippen molar-refractivity contribution in [3.8, 4) is 0 Å². The van der Waals surface area contributed by atoms with Crippen LogP contribution in [-0.4, -0.2) is 23.9 Å². The molecule has 0 saturated carbocycles. The van der Waals surface area contributed by atoms with Gasteiger partial charge in [-0.1, -0.05) is 44.5 Å². The Hall–Kier alpha value is -2.23. The molecule has 0 bridgehead atoms. The predicted octanol–water partition coefficient (Wildman–Crippen LogP) is 6.31. The van der Waals surface area contributed by atoms with Gasteiger partial charge in [0, 0.05) is 25.4 Å². The fourth-order valence-electron chi connectivity index (χ4n) is 3.60. The van der Waals surface area contributed by atoms with Crippen LogP contribution < -0.4 is 0 Å². The highest BCUT2D eigenvalue weighted by molar-refractivity contribution is 5.76. The molecular formula is C24H31F2NO. The molecule has 0 aliphatic rings. The van der Waals surface area contributed by atoms with Gasteiger partial charge in [0.1, 0.15) is 11.6 Å². The first-order valence-corrected chi connectivity index (χ1v) is 10.3. The summed E-state index contributed by atoms with van der Waals surface area (Å²) >= 11 is 0. The number of unbranched alkanes of at least 4 members (excludes halogenated alkanes) is 1. The van der Waals surface area contributed by atoms with Crippen LogP contribution in [0.1, 0.15) is 69.4 Å². The highest BCUT2D eigenvalue weighted by Crippen LogP contribution is 2.30. The van der Waals surface area contributed by atoms with Crippen molar-refractivity contribution < 1.29 is 13.6 Å². The van der Waals surface area contributed by atoms with Crippen LogP contribution in [0.15, 0.2) is 48.5 Å². The zero-order valence-electron chi connectivity index (χ0n) is 17.0. The van der Waals surface area contributed by atoms with Crippen LogP contribution in [0.5, 0.6) is 0 Å². The molecule has 0 aliphatic heterocycles. The van der Waals surface area contributed by atoms with Crippen molar-refractivity contribution in [2.75, 3.05) is 13.1 Å². The second-order valence-electron chi connectivity index (χ2n) is 7.28. The van der Waals surface area contributed by atoms with E-state index < -0.39 is 0 Å². The van der Waals surface area contributed by atoms with Gasteiger partial charge in [0.15, 0.2) is 0 Å². The molecule has 2 aromatic rings. The largest absolute Gasteiger partial charge is 0.343 e. The van der Waals surface area contributed by atoms with Crippen LogP contribution in [0.3, 0.4) is 0 Å². The maximum absolute atomic E-state index is 13.3. The Kier molecular flexibility index (Phi) is 9.12. The summed E-state index contributed by atoms with van der Waals surface area (Å²) in [5.74, 6) is -0.235. The first kappa shape index (κ1) is 22.1. The number of rotatable bonds is 11. The van der Waals surface area contributed by atoms with E-state index in [1.807, 2.05) is 4.90 Å². The monoisotopic (exact) mass is 387 g/mol.